The topological polar surface area (TPSA) is 80.9 Å². The summed E-state index contributed by atoms with van der Waals surface area (Å²) in [7, 11) is 0. The SMILES string of the molecule is Cc1cc(-c2cc(C(=O)O)c3nc(C)n(-c4ccnc5c(F)ccc(F)c45)c3c2)cc(F)n1. The minimum Gasteiger partial charge on any atom is -0.478 e. The van der Waals surface area contributed by atoms with E-state index in [-0.39, 0.29) is 27.7 Å². The summed E-state index contributed by atoms with van der Waals surface area (Å²) in [6.07, 6.45) is 1.34. The fraction of sp³-hybridized carbons (Fsp3) is 0.0833. The van der Waals surface area contributed by atoms with Crippen molar-refractivity contribution in [2.75, 3.05) is 0 Å². The summed E-state index contributed by atoms with van der Waals surface area (Å²) in [5.41, 5.74) is 1.75. The van der Waals surface area contributed by atoms with Gasteiger partial charge in [-0.2, -0.15) is 4.39 Å². The van der Waals surface area contributed by atoms with Crippen LogP contribution in [0.2, 0.25) is 0 Å². The van der Waals surface area contributed by atoms with Gasteiger partial charge in [0.2, 0.25) is 5.95 Å². The highest BCUT2D eigenvalue weighted by molar-refractivity contribution is 6.04. The van der Waals surface area contributed by atoms with Crippen molar-refractivity contribution in [2.45, 2.75) is 13.8 Å². The van der Waals surface area contributed by atoms with Crippen LogP contribution in [0.15, 0.2) is 48.7 Å². The van der Waals surface area contributed by atoms with E-state index in [1.807, 2.05) is 0 Å². The first-order valence-corrected chi connectivity index (χ1v) is 9.88. The van der Waals surface area contributed by atoms with Crippen LogP contribution >= 0.6 is 0 Å². The number of benzene rings is 2. The average molecular weight is 448 g/mol. The van der Waals surface area contributed by atoms with Crippen LogP contribution in [0.25, 0.3) is 38.8 Å². The number of pyridine rings is 2. The maximum absolute atomic E-state index is 14.8. The number of aryl methyl sites for hydroxylation is 2. The summed E-state index contributed by atoms with van der Waals surface area (Å²) >= 11 is 0. The third kappa shape index (κ3) is 3.29. The van der Waals surface area contributed by atoms with Gasteiger partial charge in [-0.15, -0.1) is 0 Å². The molecule has 0 spiro atoms. The van der Waals surface area contributed by atoms with Crippen molar-refractivity contribution in [1.29, 1.82) is 0 Å². The Morgan fingerprint density at radius 3 is 2.36 bits per heavy atom. The normalized spacial score (nSPS) is 11.4. The molecule has 0 amide bonds. The Balaban J connectivity index is 1.90. The predicted octanol–water partition coefficient (Wildman–Crippen LogP) is 5.37. The summed E-state index contributed by atoms with van der Waals surface area (Å²) in [6.45, 7) is 3.25. The Labute approximate surface area is 185 Å². The quantitative estimate of drug-likeness (QED) is 0.376. The van der Waals surface area contributed by atoms with Crippen LogP contribution in [-0.4, -0.2) is 30.6 Å². The minimum absolute atomic E-state index is 0.0621. The number of hydrogen-bond acceptors (Lipinski definition) is 4. The molecule has 3 heterocycles. The Hall–Kier alpha value is -4.27. The van der Waals surface area contributed by atoms with Crippen molar-refractivity contribution in [3.8, 4) is 16.8 Å². The highest BCUT2D eigenvalue weighted by Gasteiger charge is 2.21. The number of carbonyl (C=O) groups is 1. The molecule has 0 radical (unpaired) electrons. The van der Waals surface area contributed by atoms with E-state index in [9.17, 15) is 23.1 Å². The predicted molar refractivity (Wildman–Crippen MR) is 116 cm³/mol. The number of hydrogen-bond donors (Lipinski definition) is 1. The number of carboxylic acid groups (broad SMARTS) is 1. The Morgan fingerprint density at radius 1 is 0.909 bits per heavy atom. The molecular formula is C24H15F3N4O2. The molecule has 3 aromatic heterocycles. The van der Waals surface area contributed by atoms with Gasteiger partial charge >= 0.3 is 5.97 Å². The second kappa shape index (κ2) is 7.40. The molecule has 9 heteroatoms. The van der Waals surface area contributed by atoms with Crippen LogP contribution in [0, 0.1) is 31.4 Å². The lowest BCUT2D eigenvalue weighted by Crippen LogP contribution is -2.02. The number of nitrogens with zero attached hydrogens (tertiary/aromatic N) is 4. The molecule has 5 rings (SSSR count). The molecule has 5 aromatic rings. The van der Waals surface area contributed by atoms with E-state index in [0.717, 1.165) is 12.1 Å². The zero-order valence-electron chi connectivity index (χ0n) is 17.4. The molecule has 2 aromatic carbocycles. The molecule has 0 saturated heterocycles. The number of aromatic carboxylic acids is 1. The van der Waals surface area contributed by atoms with Crippen molar-refractivity contribution >= 4 is 27.9 Å². The second-order valence-electron chi connectivity index (χ2n) is 7.59. The van der Waals surface area contributed by atoms with Crippen LogP contribution in [0.3, 0.4) is 0 Å². The first-order chi connectivity index (χ1) is 15.7. The number of carboxylic acids is 1. The molecule has 1 N–H and O–H groups in total. The Kier molecular flexibility index (Phi) is 4.63. The third-order valence-electron chi connectivity index (χ3n) is 5.42. The van der Waals surface area contributed by atoms with Gasteiger partial charge in [-0.1, -0.05) is 0 Å². The highest BCUT2D eigenvalue weighted by atomic mass is 19.1. The lowest BCUT2D eigenvalue weighted by Gasteiger charge is -2.13. The molecule has 0 aliphatic heterocycles. The van der Waals surface area contributed by atoms with Gasteiger partial charge in [-0.25, -0.2) is 23.5 Å². The molecule has 0 bridgehead atoms. The largest absolute Gasteiger partial charge is 0.478 e. The first-order valence-electron chi connectivity index (χ1n) is 9.88. The number of rotatable bonds is 3. The molecule has 0 atom stereocenters. The number of fused-ring (bicyclic) bond motifs is 2. The lowest BCUT2D eigenvalue weighted by molar-refractivity contribution is 0.0699. The lowest BCUT2D eigenvalue weighted by atomic mass is 10.0. The van der Waals surface area contributed by atoms with Crippen molar-refractivity contribution in [2.24, 2.45) is 0 Å². The van der Waals surface area contributed by atoms with Gasteiger partial charge in [0, 0.05) is 18.0 Å². The maximum Gasteiger partial charge on any atom is 0.337 e. The van der Waals surface area contributed by atoms with Gasteiger partial charge < -0.3 is 5.11 Å². The summed E-state index contributed by atoms with van der Waals surface area (Å²) in [4.78, 5) is 24.1. The van der Waals surface area contributed by atoms with Gasteiger partial charge in [0.1, 0.15) is 28.5 Å². The van der Waals surface area contributed by atoms with Crippen molar-refractivity contribution < 1.29 is 23.1 Å². The van der Waals surface area contributed by atoms with E-state index >= 15 is 0 Å². The Bertz CT molecular complexity index is 1590. The van der Waals surface area contributed by atoms with E-state index < -0.39 is 23.6 Å². The summed E-state index contributed by atoms with van der Waals surface area (Å²) in [5.74, 6) is -2.95. The smallest absolute Gasteiger partial charge is 0.337 e. The molecule has 6 nitrogen and oxygen atoms in total. The van der Waals surface area contributed by atoms with Crippen LogP contribution in [-0.2, 0) is 0 Å². The highest BCUT2D eigenvalue weighted by Crippen LogP contribution is 2.34. The summed E-state index contributed by atoms with van der Waals surface area (Å²) in [6, 6.07) is 9.37. The summed E-state index contributed by atoms with van der Waals surface area (Å²) in [5, 5.41) is 9.77. The number of halogens is 3. The monoisotopic (exact) mass is 448 g/mol. The van der Waals surface area contributed by atoms with Gasteiger partial charge in [-0.05, 0) is 61.4 Å². The van der Waals surface area contributed by atoms with Crippen molar-refractivity contribution in [3.63, 3.8) is 0 Å². The standard InChI is InChI=1S/C24H15F3N4O2/c1-11-7-13(10-20(27)29-11)14-8-15(24(32)33)22-19(9-14)31(12(2)30-22)18-5-6-28-23-17(26)4-3-16(25)21(18)23/h3-10H,1-2H3,(H,32,33). The molecule has 0 unspecified atom stereocenters. The average Bonchev–Trinajstić information content (AvgIpc) is 3.10. The molecule has 164 valence electrons. The zero-order valence-corrected chi connectivity index (χ0v) is 17.4. The maximum atomic E-state index is 14.8. The van der Waals surface area contributed by atoms with Gasteiger partial charge in [0.15, 0.2) is 0 Å². The van der Waals surface area contributed by atoms with Crippen LogP contribution in [0.4, 0.5) is 13.2 Å². The Morgan fingerprint density at radius 2 is 1.64 bits per heavy atom. The van der Waals surface area contributed by atoms with Crippen molar-refractivity contribution in [1.82, 2.24) is 19.5 Å². The molecule has 33 heavy (non-hydrogen) atoms. The third-order valence-corrected chi connectivity index (χ3v) is 5.42. The van der Waals surface area contributed by atoms with Crippen LogP contribution in [0.1, 0.15) is 21.9 Å². The molecule has 0 fully saturated rings. The molecule has 0 aliphatic carbocycles. The van der Waals surface area contributed by atoms with Crippen molar-refractivity contribution in [3.05, 3.63) is 83.3 Å². The van der Waals surface area contributed by atoms with Crippen LogP contribution in [0.5, 0.6) is 0 Å². The fourth-order valence-electron chi connectivity index (χ4n) is 4.08. The van der Waals surface area contributed by atoms with E-state index in [2.05, 4.69) is 15.0 Å². The van der Waals surface area contributed by atoms with Crippen LogP contribution < -0.4 is 0 Å². The van der Waals surface area contributed by atoms with E-state index in [1.54, 1.807) is 30.5 Å². The molecule has 0 saturated carbocycles. The summed E-state index contributed by atoms with van der Waals surface area (Å²) < 4.78 is 44.7. The number of aromatic nitrogens is 4. The first kappa shape index (κ1) is 20.6. The van der Waals surface area contributed by atoms with E-state index in [4.69, 9.17) is 0 Å². The molecular weight excluding hydrogens is 433 g/mol. The minimum atomic E-state index is -1.23. The van der Waals surface area contributed by atoms with Gasteiger partial charge in [0.05, 0.1) is 22.2 Å². The fourth-order valence-corrected chi connectivity index (χ4v) is 4.08. The second-order valence-corrected chi connectivity index (χ2v) is 7.59. The number of imidazole rings is 1. The van der Waals surface area contributed by atoms with Gasteiger partial charge in [-0.3, -0.25) is 9.55 Å². The zero-order chi connectivity index (χ0) is 23.4. The van der Waals surface area contributed by atoms with E-state index in [0.29, 0.717) is 28.2 Å². The van der Waals surface area contributed by atoms with E-state index in [1.165, 1.54) is 24.4 Å². The molecule has 0 aliphatic rings. The van der Waals surface area contributed by atoms with Gasteiger partial charge in [0.25, 0.3) is 0 Å².